The predicted molar refractivity (Wildman–Crippen MR) is 132 cm³/mol. The van der Waals surface area contributed by atoms with E-state index >= 15 is 0 Å². The van der Waals surface area contributed by atoms with Gasteiger partial charge in [0.25, 0.3) is 5.91 Å². The molecule has 1 amide bonds. The van der Waals surface area contributed by atoms with Gasteiger partial charge in [-0.15, -0.1) is 0 Å². The summed E-state index contributed by atoms with van der Waals surface area (Å²) in [6.45, 7) is 1.82. The van der Waals surface area contributed by atoms with Crippen molar-refractivity contribution in [1.29, 1.82) is 5.41 Å². The van der Waals surface area contributed by atoms with Crippen LogP contribution in [0.3, 0.4) is 0 Å². The first-order valence-electron chi connectivity index (χ1n) is 10.7. The second-order valence-electron chi connectivity index (χ2n) is 7.71. The molecule has 0 aromatic heterocycles. The summed E-state index contributed by atoms with van der Waals surface area (Å²) in [6, 6.07) is 18.5. The molecule has 3 rings (SSSR count). The molecule has 0 unspecified atom stereocenters. The van der Waals surface area contributed by atoms with Gasteiger partial charge in [0.15, 0.2) is 0 Å². The molecule has 35 heavy (non-hydrogen) atoms. The molecule has 9 nitrogen and oxygen atoms in total. The highest BCUT2D eigenvalue weighted by Gasteiger charge is 2.24. The van der Waals surface area contributed by atoms with Gasteiger partial charge in [0.2, 0.25) is 10.0 Å². The quantitative estimate of drug-likeness (QED) is 0.202. The number of amidine groups is 1. The largest absolute Gasteiger partial charge is 0.464 e. The molecular weight excluding hydrogens is 468 g/mol. The molecule has 0 radical (unpaired) electrons. The lowest BCUT2D eigenvalue weighted by molar-refractivity contribution is -0.145. The molecule has 3 aromatic rings. The van der Waals surface area contributed by atoms with Crippen molar-refractivity contribution in [3.63, 3.8) is 0 Å². The summed E-state index contributed by atoms with van der Waals surface area (Å²) in [5, 5.41) is 15.6. The molecule has 0 heterocycles. The maximum atomic E-state index is 12.9. The predicted octanol–water partition coefficient (Wildman–Crippen LogP) is 2.19. The minimum atomic E-state index is -3.93. The van der Waals surface area contributed by atoms with Gasteiger partial charge in [-0.3, -0.25) is 10.2 Å². The zero-order valence-electron chi connectivity index (χ0n) is 19.0. The summed E-state index contributed by atoms with van der Waals surface area (Å²) in [6.07, 6.45) is 0.144. The van der Waals surface area contributed by atoms with Crippen molar-refractivity contribution in [2.45, 2.75) is 24.3 Å². The van der Waals surface area contributed by atoms with E-state index in [0.29, 0.717) is 22.3 Å². The van der Waals surface area contributed by atoms with Gasteiger partial charge in [-0.2, -0.15) is 0 Å². The number of nitrogens with one attached hydrogen (secondary N) is 2. The lowest BCUT2D eigenvalue weighted by Gasteiger charge is -2.18. The minimum absolute atomic E-state index is 0.0210. The second-order valence-corrected chi connectivity index (χ2v) is 9.24. The standard InChI is InChI=1S/C25H26N4O5S/c1-2-34-25(31)21(15-16-6-5-7-19(14-16)23(26)27)29-24(30)18-12-10-17(11-13-18)20-8-3-4-9-22(20)35(28,32)33/h3-14,21H,2,15H2,1H3,(H3,26,27)(H,29,30)(H2,28,32,33)/t21-/m0/s1. The van der Waals surface area contributed by atoms with Crippen LogP contribution in [0.5, 0.6) is 0 Å². The van der Waals surface area contributed by atoms with Crippen LogP contribution >= 0.6 is 0 Å². The van der Waals surface area contributed by atoms with Crippen molar-refractivity contribution in [3.05, 3.63) is 89.5 Å². The Balaban J connectivity index is 1.82. The van der Waals surface area contributed by atoms with Crippen LogP contribution in [0.4, 0.5) is 0 Å². The van der Waals surface area contributed by atoms with Crippen LogP contribution < -0.4 is 16.2 Å². The number of sulfonamides is 1. The van der Waals surface area contributed by atoms with E-state index in [-0.39, 0.29) is 29.3 Å². The number of carbonyl (C=O) groups excluding carboxylic acids is 2. The Morgan fingerprint density at radius 2 is 1.69 bits per heavy atom. The Labute approximate surface area is 203 Å². The third kappa shape index (κ3) is 6.52. The smallest absolute Gasteiger partial charge is 0.328 e. The Kier molecular flexibility index (Phi) is 8.00. The number of primary sulfonamides is 1. The zero-order chi connectivity index (χ0) is 25.6. The highest BCUT2D eigenvalue weighted by atomic mass is 32.2. The van der Waals surface area contributed by atoms with Gasteiger partial charge in [0, 0.05) is 23.1 Å². The molecule has 0 aliphatic heterocycles. The number of esters is 1. The van der Waals surface area contributed by atoms with Crippen molar-refractivity contribution >= 4 is 27.7 Å². The van der Waals surface area contributed by atoms with Gasteiger partial charge < -0.3 is 15.8 Å². The number of ether oxygens (including phenoxy) is 1. The topological polar surface area (TPSA) is 165 Å². The van der Waals surface area contributed by atoms with Crippen molar-refractivity contribution in [1.82, 2.24) is 5.32 Å². The Morgan fingerprint density at radius 3 is 2.31 bits per heavy atom. The first kappa shape index (κ1) is 25.6. The van der Waals surface area contributed by atoms with E-state index in [0.717, 1.165) is 0 Å². The third-order valence-corrected chi connectivity index (χ3v) is 6.17. The van der Waals surface area contributed by atoms with E-state index in [1.165, 1.54) is 18.2 Å². The first-order valence-corrected chi connectivity index (χ1v) is 12.3. The number of nitrogen functional groups attached to an aromatic ring is 1. The maximum Gasteiger partial charge on any atom is 0.328 e. The van der Waals surface area contributed by atoms with Crippen LogP contribution in [0, 0.1) is 5.41 Å². The number of amides is 1. The zero-order valence-corrected chi connectivity index (χ0v) is 19.8. The highest BCUT2D eigenvalue weighted by Crippen LogP contribution is 2.26. The van der Waals surface area contributed by atoms with Crippen LogP contribution in [0.25, 0.3) is 11.1 Å². The summed E-state index contributed by atoms with van der Waals surface area (Å²) in [7, 11) is -3.93. The first-order chi connectivity index (χ1) is 16.6. The van der Waals surface area contributed by atoms with Gasteiger partial charge in [-0.1, -0.05) is 48.5 Å². The number of hydrogen-bond acceptors (Lipinski definition) is 6. The minimum Gasteiger partial charge on any atom is -0.464 e. The molecule has 3 aromatic carbocycles. The lowest BCUT2D eigenvalue weighted by atomic mass is 10.0. The Bertz CT molecular complexity index is 1350. The van der Waals surface area contributed by atoms with Crippen LogP contribution in [0.15, 0.2) is 77.7 Å². The number of hydrogen-bond donors (Lipinski definition) is 4. The van der Waals surface area contributed by atoms with Crippen molar-refractivity contribution < 1.29 is 22.7 Å². The van der Waals surface area contributed by atoms with Crippen molar-refractivity contribution in [2.24, 2.45) is 10.9 Å². The second kappa shape index (κ2) is 10.9. The lowest BCUT2D eigenvalue weighted by Crippen LogP contribution is -2.43. The number of nitrogens with two attached hydrogens (primary N) is 2. The molecule has 6 N–H and O–H groups in total. The Morgan fingerprint density at radius 1 is 1.00 bits per heavy atom. The van der Waals surface area contributed by atoms with Crippen molar-refractivity contribution in [3.8, 4) is 11.1 Å². The molecule has 0 saturated heterocycles. The fourth-order valence-corrected chi connectivity index (χ4v) is 4.29. The fourth-order valence-electron chi connectivity index (χ4n) is 3.53. The molecule has 0 saturated carbocycles. The molecule has 0 aliphatic carbocycles. The van der Waals surface area contributed by atoms with E-state index in [9.17, 15) is 18.0 Å². The molecule has 10 heteroatoms. The van der Waals surface area contributed by atoms with E-state index in [1.54, 1.807) is 61.5 Å². The van der Waals surface area contributed by atoms with Crippen LogP contribution in [-0.4, -0.2) is 38.8 Å². The van der Waals surface area contributed by atoms with Crippen LogP contribution in [0.1, 0.15) is 28.4 Å². The third-order valence-electron chi connectivity index (χ3n) is 5.21. The number of benzene rings is 3. The molecule has 1 atom stereocenters. The summed E-state index contributed by atoms with van der Waals surface area (Å²) in [5.41, 5.74) is 8.00. The Hall–Kier alpha value is -4.02. The normalized spacial score (nSPS) is 11.9. The molecule has 0 bridgehead atoms. The monoisotopic (exact) mass is 494 g/mol. The molecule has 0 aliphatic rings. The average Bonchev–Trinajstić information content (AvgIpc) is 2.83. The summed E-state index contributed by atoms with van der Waals surface area (Å²) >= 11 is 0. The van der Waals surface area contributed by atoms with Gasteiger partial charge in [0.1, 0.15) is 11.9 Å². The number of rotatable bonds is 9. The highest BCUT2D eigenvalue weighted by molar-refractivity contribution is 7.89. The molecule has 182 valence electrons. The van der Waals surface area contributed by atoms with E-state index in [2.05, 4.69) is 5.32 Å². The van der Waals surface area contributed by atoms with Gasteiger partial charge in [-0.25, -0.2) is 18.4 Å². The van der Waals surface area contributed by atoms with Gasteiger partial charge >= 0.3 is 5.97 Å². The van der Waals surface area contributed by atoms with E-state index in [4.69, 9.17) is 21.0 Å². The van der Waals surface area contributed by atoms with E-state index in [1.807, 2.05) is 0 Å². The summed E-state index contributed by atoms with van der Waals surface area (Å²) in [4.78, 5) is 25.4. The summed E-state index contributed by atoms with van der Waals surface area (Å²) < 4.78 is 28.9. The van der Waals surface area contributed by atoms with E-state index < -0.39 is 27.9 Å². The molecule has 0 spiro atoms. The molecule has 0 fully saturated rings. The fraction of sp³-hybridized carbons (Fsp3) is 0.160. The van der Waals surface area contributed by atoms with Crippen molar-refractivity contribution in [2.75, 3.05) is 6.61 Å². The molecular formula is C25H26N4O5S. The van der Waals surface area contributed by atoms with Gasteiger partial charge in [-0.05, 0) is 42.3 Å². The summed E-state index contributed by atoms with van der Waals surface area (Å²) in [5.74, 6) is -1.20. The number of carbonyl (C=O) groups is 2. The van der Waals surface area contributed by atoms with Crippen LogP contribution in [0.2, 0.25) is 0 Å². The average molecular weight is 495 g/mol. The maximum absolute atomic E-state index is 12.9. The van der Waals surface area contributed by atoms with Crippen LogP contribution in [-0.2, 0) is 26.0 Å². The van der Waals surface area contributed by atoms with Gasteiger partial charge in [0.05, 0.1) is 11.5 Å². The SMILES string of the molecule is CCOC(=O)[C@H](Cc1cccc(C(=N)N)c1)NC(=O)c1ccc(-c2ccccc2S(N)(=O)=O)cc1.